The van der Waals surface area contributed by atoms with Crippen LogP contribution in [0.1, 0.15) is 31.1 Å². The fraction of sp³-hybridized carbons (Fsp3) is 0.286. The van der Waals surface area contributed by atoms with E-state index in [0.717, 1.165) is 16.5 Å². The second kappa shape index (κ2) is 6.71. The van der Waals surface area contributed by atoms with Crippen molar-refractivity contribution in [2.24, 2.45) is 5.41 Å². The van der Waals surface area contributed by atoms with Crippen molar-refractivity contribution in [1.82, 2.24) is 4.57 Å². The van der Waals surface area contributed by atoms with Crippen molar-refractivity contribution in [3.05, 3.63) is 66.1 Å². The lowest BCUT2D eigenvalue weighted by molar-refractivity contribution is 0.0860. The molecule has 0 aliphatic carbocycles. The summed E-state index contributed by atoms with van der Waals surface area (Å²) >= 11 is 0. The average Bonchev–Trinajstić information content (AvgIpc) is 2.94. The van der Waals surface area contributed by atoms with Gasteiger partial charge in [-0.05, 0) is 30.3 Å². The second-order valence-corrected chi connectivity index (χ2v) is 7.13. The summed E-state index contributed by atoms with van der Waals surface area (Å²) in [5, 5.41) is 0.962. The van der Waals surface area contributed by atoms with E-state index in [2.05, 4.69) is 0 Å². The van der Waals surface area contributed by atoms with Crippen LogP contribution >= 0.6 is 0 Å². The summed E-state index contributed by atoms with van der Waals surface area (Å²) in [6.07, 6.45) is 1.91. The number of rotatable bonds is 5. The van der Waals surface area contributed by atoms with Crippen molar-refractivity contribution in [2.75, 3.05) is 6.61 Å². The highest BCUT2D eigenvalue weighted by Gasteiger charge is 2.26. The number of hydrogen-bond acceptors (Lipinski definition) is 2. The molecule has 1 aromatic heterocycles. The van der Waals surface area contributed by atoms with E-state index in [1.165, 1.54) is 12.1 Å². The molecule has 0 bridgehead atoms. The summed E-state index contributed by atoms with van der Waals surface area (Å²) < 4.78 is 20.6. The number of fused-ring (bicyclic) bond motifs is 1. The highest BCUT2D eigenvalue weighted by Crippen LogP contribution is 2.28. The van der Waals surface area contributed by atoms with Crippen LogP contribution in [0, 0.1) is 11.2 Å². The van der Waals surface area contributed by atoms with Crippen LogP contribution in [0.4, 0.5) is 4.39 Å². The van der Waals surface area contributed by atoms with E-state index in [0.29, 0.717) is 18.9 Å². The minimum Gasteiger partial charge on any atom is -0.492 e. The smallest absolute Gasteiger partial charge is 0.170 e. The molecule has 0 aliphatic heterocycles. The zero-order valence-corrected chi connectivity index (χ0v) is 14.8. The minimum absolute atomic E-state index is 0.127. The molecular weight excluding hydrogens is 317 g/mol. The Bertz CT molecular complexity index is 888. The summed E-state index contributed by atoms with van der Waals surface area (Å²) in [6.45, 7) is 6.83. The van der Waals surface area contributed by atoms with Gasteiger partial charge in [0, 0.05) is 28.1 Å². The fourth-order valence-electron chi connectivity index (χ4n) is 2.81. The van der Waals surface area contributed by atoms with Gasteiger partial charge in [0.25, 0.3) is 0 Å². The first kappa shape index (κ1) is 17.2. The quantitative estimate of drug-likeness (QED) is 0.606. The van der Waals surface area contributed by atoms with Crippen molar-refractivity contribution < 1.29 is 13.9 Å². The van der Waals surface area contributed by atoms with E-state index < -0.39 is 5.41 Å². The van der Waals surface area contributed by atoms with Gasteiger partial charge < -0.3 is 9.30 Å². The molecule has 4 heteroatoms. The molecule has 0 radical (unpaired) electrons. The highest BCUT2D eigenvalue weighted by atomic mass is 19.1. The molecule has 3 rings (SSSR count). The topological polar surface area (TPSA) is 31.2 Å². The number of para-hydroxylation sites is 1. The third kappa shape index (κ3) is 3.73. The lowest BCUT2D eigenvalue weighted by Crippen LogP contribution is -2.20. The van der Waals surface area contributed by atoms with Crippen molar-refractivity contribution >= 4 is 16.7 Å². The number of ether oxygens (including phenoxy) is 1. The predicted octanol–water partition coefficient (Wildman–Crippen LogP) is 5.09. The summed E-state index contributed by atoms with van der Waals surface area (Å²) in [5.74, 6) is 0.472. The Morgan fingerprint density at radius 2 is 1.76 bits per heavy atom. The molecule has 0 fully saturated rings. The van der Waals surface area contributed by atoms with Crippen molar-refractivity contribution in [1.29, 1.82) is 0 Å². The maximum absolute atomic E-state index is 12.9. The number of hydrogen-bond donors (Lipinski definition) is 0. The number of carbonyl (C=O) groups excluding carboxylic acids is 1. The molecule has 2 aromatic carbocycles. The molecule has 25 heavy (non-hydrogen) atoms. The summed E-state index contributed by atoms with van der Waals surface area (Å²) in [6, 6.07) is 13.9. The number of ketones is 1. The van der Waals surface area contributed by atoms with Gasteiger partial charge in [0.05, 0.1) is 6.54 Å². The average molecular weight is 339 g/mol. The molecule has 3 nitrogen and oxygen atoms in total. The second-order valence-electron chi connectivity index (χ2n) is 7.13. The largest absolute Gasteiger partial charge is 0.492 e. The third-order valence-electron chi connectivity index (χ3n) is 4.13. The van der Waals surface area contributed by atoms with Gasteiger partial charge in [0.15, 0.2) is 5.78 Å². The summed E-state index contributed by atoms with van der Waals surface area (Å²) in [4.78, 5) is 12.7. The van der Waals surface area contributed by atoms with Gasteiger partial charge in [-0.1, -0.05) is 39.0 Å². The van der Waals surface area contributed by atoms with Gasteiger partial charge in [-0.2, -0.15) is 0 Å². The summed E-state index contributed by atoms with van der Waals surface area (Å²) in [7, 11) is 0. The number of Topliss-reactive ketones (excluding diaryl/α,β-unsaturated/α-hetero) is 1. The Balaban J connectivity index is 1.82. The molecule has 0 amide bonds. The molecule has 0 unspecified atom stereocenters. The predicted molar refractivity (Wildman–Crippen MR) is 97.6 cm³/mol. The van der Waals surface area contributed by atoms with Crippen LogP contribution in [0.3, 0.4) is 0 Å². The Kier molecular flexibility index (Phi) is 4.62. The Morgan fingerprint density at radius 3 is 2.44 bits per heavy atom. The lowest BCUT2D eigenvalue weighted by atomic mass is 9.86. The van der Waals surface area contributed by atoms with Crippen molar-refractivity contribution in [3.63, 3.8) is 0 Å². The van der Waals surface area contributed by atoms with E-state index in [4.69, 9.17) is 4.74 Å². The van der Waals surface area contributed by atoms with Crippen molar-refractivity contribution in [3.8, 4) is 5.75 Å². The van der Waals surface area contributed by atoms with E-state index >= 15 is 0 Å². The number of halogens is 1. The first-order valence-corrected chi connectivity index (χ1v) is 8.37. The molecule has 3 aromatic rings. The van der Waals surface area contributed by atoms with Gasteiger partial charge in [-0.3, -0.25) is 4.79 Å². The molecule has 0 N–H and O–H groups in total. The molecule has 0 aliphatic rings. The van der Waals surface area contributed by atoms with Gasteiger partial charge >= 0.3 is 0 Å². The maximum Gasteiger partial charge on any atom is 0.170 e. The minimum atomic E-state index is -0.431. The molecule has 0 atom stereocenters. The lowest BCUT2D eigenvalue weighted by Gasteiger charge is -2.15. The van der Waals surface area contributed by atoms with Crippen LogP contribution < -0.4 is 4.74 Å². The number of benzene rings is 2. The van der Waals surface area contributed by atoms with Crippen LogP contribution in [-0.2, 0) is 6.54 Å². The summed E-state index contributed by atoms with van der Waals surface area (Å²) in [5.41, 5.74) is 1.32. The van der Waals surface area contributed by atoms with Crippen LogP contribution in [-0.4, -0.2) is 17.0 Å². The highest BCUT2D eigenvalue weighted by molar-refractivity contribution is 6.10. The fourth-order valence-corrected chi connectivity index (χ4v) is 2.81. The van der Waals surface area contributed by atoms with Crippen LogP contribution in [0.2, 0.25) is 0 Å². The SMILES string of the molecule is CC(C)(C)C(=O)c1cn(CCOc2ccc(F)cc2)c2ccccc12. The Morgan fingerprint density at radius 1 is 1.08 bits per heavy atom. The Labute approximate surface area is 147 Å². The van der Waals surface area contributed by atoms with E-state index in [1.54, 1.807) is 12.1 Å². The molecule has 0 spiro atoms. The van der Waals surface area contributed by atoms with Gasteiger partial charge in [0.2, 0.25) is 0 Å². The van der Waals surface area contributed by atoms with Crippen LogP contribution in [0.5, 0.6) is 5.75 Å². The van der Waals surface area contributed by atoms with Crippen LogP contribution in [0.25, 0.3) is 10.9 Å². The van der Waals surface area contributed by atoms with Gasteiger partial charge in [0.1, 0.15) is 18.2 Å². The standard InChI is InChI=1S/C21H22FNO2/c1-21(2,3)20(24)18-14-23(19-7-5-4-6-17(18)19)12-13-25-16-10-8-15(22)9-11-16/h4-11,14H,12-13H2,1-3H3. The van der Waals surface area contributed by atoms with E-state index in [-0.39, 0.29) is 11.6 Å². The first-order valence-electron chi connectivity index (χ1n) is 8.37. The molecular formula is C21H22FNO2. The monoisotopic (exact) mass is 339 g/mol. The molecule has 1 heterocycles. The zero-order chi connectivity index (χ0) is 18.0. The third-order valence-corrected chi connectivity index (χ3v) is 4.13. The van der Waals surface area contributed by atoms with Crippen molar-refractivity contribution in [2.45, 2.75) is 27.3 Å². The van der Waals surface area contributed by atoms with E-state index in [1.807, 2.05) is 55.8 Å². The first-order chi connectivity index (χ1) is 11.9. The number of nitrogens with zero attached hydrogens (tertiary/aromatic N) is 1. The van der Waals surface area contributed by atoms with E-state index in [9.17, 15) is 9.18 Å². The van der Waals surface area contributed by atoms with Gasteiger partial charge in [-0.15, -0.1) is 0 Å². The normalized spacial score (nSPS) is 11.7. The van der Waals surface area contributed by atoms with Gasteiger partial charge in [-0.25, -0.2) is 4.39 Å². The number of carbonyl (C=O) groups is 1. The molecule has 130 valence electrons. The Hall–Kier alpha value is -2.62. The number of aromatic nitrogens is 1. The van der Waals surface area contributed by atoms with Crippen LogP contribution in [0.15, 0.2) is 54.7 Å². The maximum atomic E-state index is 12.9. The molecule has 0 saturated heterocycles. The molecule has 0 saturated carbocycles. The zero-order valence-electron chi connectivity index (χ0n) is 14.8.